The van der Waals surface area contributed by atoms with Crippen LogP contribution >= 0.6 is 0 Å². The summed E-state index contributed by atoms with van der Waals surface area (Å²) in [6.07, 6.45) is 8.52. The first-order valence-electron chi connectivity index (χ1n) is 12.0. The maximum atomic E-state index is 13.1. The molecule has 1 rings (SSSR count). The molecular weight excluding hydrogens is 420 g/mol. The van der Waals surface area contributed by atoms with Crippen LogP contribution in [0.25, 0.3) is 0 Å². The monoisotopic (exact) mass is 462 g/mol. The predicted octanol–water partition coefficient (Wildman–Crippen LogP) is 2.43. The van der Waals surface area contributed by atoms with E-state index in [2.05, 4.69) is 36.0 Å². The van der Waals surface area contributed by atoms with Crippen LogP contribution in [-0.2, 0) is 19.1 Å². The highest BCUT2D eigenvalue weighted by atomic mass is 16.5. The van der Waals surface area contributed by atoms with E-state index in [9.17, 15) is 14.4 Å². The second-order valence-corrected chi connectivity index (χ2v) is 8.42. The van der Waals surface area contributed by atoms with Crippen molar-refractivity contribution in [3.63, 3.8) is 0 Å². The Balaban J connectivity index is 3.00. The molecule has 186 valence electrons. The van der Waals surface area contributed by atoms with Crippen LogP contribution in [0.5, 0.6) is 0 Å². The van der Waals surface area contributed by atoms with Crippen molar-refractivity contribution in [1.82, 2.24) is 20.9 Å². The van der Waals surface area contributed by atoms with E-state index in [0.29, 0.717) is 31.7 Å². The van der Waals surface area contributed by atoms with Gasteiger partial charge in [0.15, 0.2) is 0 Å². The largest absolute Gasteiger partial charge is 0.489 e. The number of unbranched alkanes of at least 4 members (excludes halogenated alkanes) is 2. The van der Waals surface area contributed by atoms with Crippen LogP contribution in [0, 0.1) is 0 Å². The van der Waals surface area contributed by atoms with E-state index in [4.69, 9.17) is 4.74 Å². The lowest BCUT2D eigenvalue weighted by atomic mass is 10.1. The predicted molar refractivity (Wildman–Crippen MR) is 131 cm³/mol. The zero-order valence-corrected chi connectivity index (χ0v) is 20.6. The molecule has 8 heteroatoms. The molecule has 0 fully saturated rings. The maximum absolute atomic E-state index is 13.1. The van der Waals surface area contributed by atoms with Crippen molar-refractivity contribution in [2.75, 3.05) is 33.2 Å². The smallest absolute Gasteiger partial charge is 0.239 e. The highest BCUT2D eigenvalue weighted by Crippen LogP contribution is 2.17. The van der Waals surface area contributed by atoms with Crippen LogP contribution in [-0.4, -0.2) is 68.0 Å². The Morgan fingerprint density at radius 2 is 1.85 bits per heavy atom. The molecular formula is C25H42N4O4. The minimum absolute atomic E-state index is 0.0481. The van der Waals surface area contributed by atoms with E-state index in [1.165, 1.54) is 0 Å². The average molecular weight is 463 g/mol. The van der Waals surface area contributed by atoms with Crippen molar-refractivity contribution in [2.45, 2.75) is 70.9 Å². The molecule has 1 aliphatic rings. The lowest BCUT2D eigenvalue weighted by Gasteiger charge is -2.26. The number of carbonyl (C=O) groups excluding carboxylic acids is 3. The lowest BCUT2D eigenvalue weighted by molar-refractivity contribution is -0.133. The van der Waals surface area contributed by atoms with Gasteiger partial charge in [-0.3, -0.25) is 14.4 Å². The summed E-state index contributed by atoms with van der Waals surface area (Å²) in [5, 5.41) is 8.77. The van der Waals surface area contributed by atoms with E-state index < -0.39 is 0 Å². The SMILES string of the molecule is C=C/C1=C(\C=C)O[C@H](C)CNC(CCCCC)C(=O)N(C)CCC(=O)NCC(=O)NCCC1. The molecule has 0 radical (unpaired) electrons. The first-order chi connectivity index (χ1) is 15.8. The molecule has 0 aromatic heterocycles. The topological polar surface area (TPSA) is 99.8 Å². The van der Waals surface area contributed by atoms with Gasteiger partial charge in [-0.2, -0.15) is 0 Å². The first kappa shape index (κ1) is 28.4. The minimum atomic E-state index is -0.349. The van der Waals surface area contributed by atoms with Crippen molar-refractivity contribution < 1.29 is 19.1 Å². The van der Waals surface area contributed by atoms with Crippen molar-refractivity contribution in [2.24, 2.45) is 0 Å². The fraction of sp³-hybridized carbons (Fsp3) is 0.640. The fourth-order valence-corrected chi connectivity index (χ4v) is 3.54. The summed E-state index contributed by atoms with van der Waals surface area (Å²) in [5.74, 6) is 0.103. The Morgan fingerprint density at radius 3 is 2.52 bits per heavy atom. The zero-order valence-electron chi connectivity index (χ0n) is 20.6. The van der Waals surface area contributed by atoms with Crippen molar-refractivity contribution in [1.29, 1.82) is 0 Å². The number of nitrogens with one attached hydrogen (secondary N) is 3. The third-order valence-corrected chi connectivity index (χ3v) is 5.56. The molecule has 1 heterocycles. The number of rotatable bonds is 6. The summed E-state index contributed by atoms with van der Waals surface area (Å²) >= 11 is 0. The van der Waals surface area contributed by atoms with Gasteiger partial charge in [-0.25, -0.2) is 0 Å². The van der Waals surface area contributed by atoms with E-state index in [1.54, 1.807) is 24.1 Å². The molecule has 3 amide bonds. The molecule has 0 bridgehead atoms. The number of amides is 3. The molecule has 2 atom stereocenters. The van der Waals surface area contributed by atoms with Gasteiger partial charge < -0.3 is 25.6 Å². The standard InChI is InChI=1S/C25H42N4O4/c1-6-9-10-13-21-25(32)29(5)16-14-23(30)28-18-24(31)26-15-11-12-20(7-2)22(8-3)33-19(4)17-27-21/h7-8,19,21,27H,2-3,6,9-18H2,1,4-5H3,(H,26,31)(H,28,30)/b22-20-/t19-,21?/m1/s1. The molecule has 0 aliphatic carbocycles. The van der Waals surface area contributed by atoms with Gasteiger partial charge in [0.2, 0.25) is 17.7 Å². The molecule has 33 heavy (non-hydrogen) atoms. The minimum Gasteiger partial charge on any atom is -0.489 e. The Bertz CT molecular complexity index is 705. The number of likely N-dealkylation sites (N-methyl/N-ethyl adjacent to an activating group) is 1. The van der Waals surface area contributed by atoms with Crippen LogP contribution in [0.2, 0.25) is 0 Å². The molecule has 1 unspecified atom stereocenters. The fourth-order valence-electron chi connectivity index (χ4n) is 3.54. The van der Waals surface area contributed by atoms with Crippen molar-refractivity contribution in [3.8, 4) is 0 Å². The summed E-state index contributed by atoms with van der Waals surface area (Å²) in [6, 6.07) is -0.349. The van der Waals surface area contributed by atoms with Gasteiger partial charge in [-0.05, 0) is 37.8 Å². The van der Waals surface area contributed by atoms with Gasteiger partial charge in [0, 0.05) is 33.1 Å². The van der Waals surface area contributed by atoms with E-state index in [0.717, 1.165) is 31.3 Å². The third kappa shape index (κ3) is 11.2. The second kappa shape index (κ2) is 16.1. The van der Waals surface area contributed by atoms with Crippen molar-refractivity contribution >= 4 is 17.7 Å². The van der Waals surface area contributed by atoms with E-state index in [1.807, 2.05) is 6.92 Å². The number of hydrogen-bond acceptors (Lipinski definition) is 5. The number of hydrogen-bond donors (Lipinski definition) is 3. The van der Waals surface area contributed by atoms with E-state index >= 15 is 0 Å². The molecule has 0 saturated heterocycles. The van der Waals surface area contributed by atoms with Crippen LogP contribution in [0.3, 0.4) is 0 Å². The quantitative estimate of drug-likeness (QED) is 0.527. The van der Waals surface area contributed by atoms with Gasteiger partial charge in [0.25, 0.3) is 0 Å². The summed E-state index contributed by atoms with van der Waals surface area (Å²) in [5.41, 5.74) is 0.910. The average Bonchev–Trinajstić information content (AvgIpc) is 2.81. The van der Waals surface area contributed by atoms with Gasteiger partial charge in [0.05, 0.1) is 12.6 Å². The molecule has 0 spiro atoms. The van der Waals surface area contributed by atoms with Gasteiger partial charge in [0.1, 0.15) is 11.9 Å². The lowest BCUT2D eigenvalue weighted by Crippen LogP contribution is -2.48. The van der Waals surface area contributed by atoms with E-state index in [-0.39, 0.29) is 49.4 Å². The Hall–Kier alpha value is -2.61. The Labute approximate surface area is 198 Å². The Kier molecular flexibility index (Phi) is 13.8. The molecule has 0 saturated carbocycles. The number of carbonyl (C=O) groups is 3. The zero-order chi connectivity index (χ0) is 24.6. The van der Waals surface area contributed by atoms with Crippen molar-refractivity contribution in [3.05, 3.63) is 36.6 Å². The molecule has 3 N–H and O–H groups in total. The van der Waals surface area contributed by atoms with Crippen LogP contribution in [0.4, 0.5) is 0 Å². The van der Waals surface area contributed by atoms with Gasteiger partial charge in [-0.1, -0.05) is 45.4 Å². The summed E-state index contributed by atoms with van der Waals surface area (Å²) < 4.78 is 6.10. The van der Waals surface area contributed by atoms with Crippen LogP contribution < -0.4 is 16.0 Å². The van der Waals surface area contributed by atoms with Crippen LogP contribution in [0.15, 0.2) is 36.6 Å². The number of nitrogens with zero attached hydrogens (tertiary/aromatic N) is 1. The highest BCUT2D eigenvalue weighted by molar-refractivity contribution is 5.85. The molecule has 8 nitrogen and oxygen atoms in total. The summed E-state index contributed by atoms with van der Waals surface area (Å²) in [7, 11) is 1.70. The first-order valence-corrected chi connectivity index (χ1v) is 12.0. The molecule has 1 aliphatic heterocycles. The normalized spacial score (nSPS) is 25.1. The molecule has 0 aromatic carbocycles. The third-order valence-electron chi connectivity index (χ3n) is 5.56. The molecule has 0 aromatic rings. The van der Waals surface area contributed by atoms with Crippen LogP contribution in [0.1, 0.15) is 58.8 Å². The number of allylic oxidation sites excluding steroid dienone is 3. The Morgan fingerprint density at radius 1 is 1.09 bits per heavy atom. The van der Waals surface area contributed by atoms with Gasteiger partial charge >= 0.3 is 0 Å². The second-order valence-electron chi connectivity index (χ2n) is 8.42. The highest BCUT2D eigenvalue weighted by Gasteiger charge is 2.23. The maximum Gasteiger partial charge on any atom is 0.239 e. The summed E-state index contributed by atoms with van der Waals surface area (Å²) in [4.78, 5) is 38.7. The number of ether oxygens (including phenoxy) is 1. The van der Waals surface area contributed by atoms with Gasteiger partial charge in [-0.15, -0.1) is 0 Å². The summed E-state index contributed by atoms with van der Waals surface area (Å²) in [6.45, 7) is 13.0.